The highest BCUT2D eigenvalue weighted by Crippen LogP contribution is 2.34. The number of nitrogens with zero attached hydrogens (tertiary/aromatic N) is 4. The van der Waals surface area contributed by atoms with Gasteiger partial charge >= 0.3 is 0 Å². The van der Waals surface area contributed by atoms with Gasteiger partial charge in [-0.15, -0.1) is 0 Å². The predicted octanol–water partition coefficient (Wildman–Crippen LogP) is 3.69. The van der Waals surface area contributed by atoms with Crippen LogP contribution in [-0.4, -0.2) is 27.6 Å². The standard InChI is InChI=1S/C19H26N4/c1-14-11-18(12-15(2)21-14)22-8-5-17(6-9-22)19-20-7-10-23(19)13-16-3-4-16/h7,10-12,16-17H,3-6,8-9,13H2,1-2H3. The fourth-order valence-corrected chi connectivity index (χ4v) is 3.80. The summed E-state index contributed by atoms with van der Waals surface area (Å²) in [5.74, 6) is 2.84. The molecule has 3 heterocycles. The molecule has 0 spiro atoms. The van der Waals surface area contributed by atoms with Crippen molar-refractivity contribution in [2.24, 2.45) is 5.92 Å². The molecule has 1 aliphatic carbocycles. The molecule has 1 saturated carbocycles. The predicted molar refractivity (Wildman–Crippen MR) is 92.9 cm³/mol. The van der Waals surface area contributed by atoms with Crippen LogP contribution in [0, 0.1) is 19.8 Å². The lowest BCUT2D eigenvalue weighted by molar-refractivity contribution is 0.458. The molecule has 0 radical (unpaired) electrons. The number of aryl methyl sites for hydroxylation is 2. The van der Waals surface area contributed by atoms with Gasteiger partial charge in [0, 0.05) is 55.0 Å². The number of hydrogen-bond acceptors (Lipinski definition) is 3. The maximum Gasteiger partial charge on any atom is 0.111 e. The number of aromatic nitrogens is 3. The molecule has 0 unspecified atom stereocenters. The molecule has 122 valence electrons. The second-order valence-electron chi connectivity index (χ2n) is 7.25. The molecule has 23 heavy (non-hydrogen) atoms. The molecule has 0 atom stereocenters. The molecule has 0 amide bonds. The Morgan fingerprint density at radius 2 is 1.74 bits per heavy atom. The third-order valence-electron chi connectivity index (χ3n) is 5.19. The molecular formula is C19H26N4. The Labute approximate surface area is 138 Å². The van der Waals surface area contributed by atoms with Gasteiger partial charge in [-0.25, -0.2) is 4.98 Å². The zero-order chi connectivity index (χ0) is 15.8. The van der Waals surface area contributed by atoms with Crippen LogP contribution in [0.5, 0.6) is 0 Å². The first-order chi connectivity index (χ1) is 11.2. The second-order valence-corrected chi connectivity index (χ2v) is 7.25. The van der Waals surface area contributed by atoms with Crippen molar-refractivity contribution in [3.8, 4) is 0 Å². The van der Waals surface area contributed by atoms with Crippen LogP contribution in [0.25, 0.3) is 0 Å². The fourth-order valence-electron chi connectivity index (χ4n) is 3.80. The molecule has 1 aliphatic heterocycles. The van der Waals surface area contributed by atoms with Gasteiger partial charge in [-0.1, -0.05) is 0 Å². The van der Waals surface area contributed by atoms with Gasteiger partial charge < -0.3 is 9.47 Å². The van der Waals surface area contributed by atoms with Crippen molar-refractivity contribution in [1.29, 1.82) is 0 Å². The smallest absolute Gasteiger partial charge is 0.111 e. The zero-order valence-electron chi connectivity index (χ0n) is 14.2. The molecule has 0 aromatic carbocycles. The molecular weight excluding hydrogens is 284 g/mol. The first kappa shape index (κ1) is 14.7. The number of piperidine rings is 1. The van der Waals surface area contributed by atoms with Crippen LogP contribution >= 0.6 is 0 Å². The van der Waals surface area contributed by atoms with E-state index in [1.807, 2.05) is 6.20 Å². The van der Waals surface area contributed by atoms with E-state index in [1.54, 1.807) is 0 Å². The summed E-state index contributed by atoms with van der Waals surface area (Å²) in [6.45, 7) is 7.57. The lowest BCUT2D eigenvalue weighted by Crippen LogP contribution is -2.33. The quantitative estimate of drug-likeness (QED) is 0.863. The highest BCUT2D eigenvalue weighted by molar-refractivity contribution is 5.48. The van der Waals surface area contributed by atoms with Crippen LogP contribution in [0.2, 0.25) is 0 Å². The zero-order valence-corrected chi connectivity index (χ0v) is 14.2. The van der Waals surface area contributed by atoms with E-state index in [0.29, 0.717) is 5.92 Å². The van der Waals surface area contributed by atoms with Crippen molar-refractivity contribution in [1.82, 2.24) is 14.5 Å². The number of imidazole rings is 1. The number of anilines is 1. The molecule has 2 fully saturated rings. The SMILES string of the molecule is Cc1cc(N2CCC(c3nccn3CC3CC3)CC2)cc(C)n1. The number of hydrogen-bond donors (Lipinski definition) is 0. The topological polar surface area (TPSA) is 34.0 Å². The van der Waals surface area contributed by atoms with Gasteiger partial charge in [0.1, 0.15) is 5.82 Å². The second kappa shape index (κ2) is 5.99. The molecule has 0 bridgehead atoms. The molecule has 1 saturated heterocycles. The van der Waals surface area contributed by atoms with Crippen LogP contribution in [0.3, 0.4) is 0 Å². The average Bonchev–Trinajstić information content (AvgIpc) is 3.22. The largest absolute Gasteiger partial charge is 0.371 e. The van der Waals surface area contributed by atoms with Crippen LogP contribution in [0.4, 0.5) is 5.69 Å². The van der Waals surface area contributed by atoms with Gasteiger partial charge in [-0.05, 0) is 57.6 Å². The molecule has 2 aromatic heterocycles. The lowest BCUT2D eigenvalue weighted by Gasteiger charge is -2.33. The summed E-state index contributed by atoms with van der Waals surface area (Å²) in [6, 6.07) is 4.42. The molecule has 0 N–H and O–H groups in total. The monoisotopic (exact) mass is 310 g/mol. The van der Waals surface area contributed by atoms with E-state index in [0.717, 1.165) is 30.4 Å². The number of rotatable bonds is 4. The summed E-state index contributed by atoms with van der Waals surface area (Å²) in [7, 11) is 0. The van der Waals surface area contributed by atoms with Crippen molar-refractivity contribution >= 4 is 5.69 Å². The number of pyridine rings is 1. The Hall–Kier alpha value is -1.84. The van der Waals surface area contributed by atoms with Crippen molar-refractivity contribution in [2.75, 3.05) is 18.0 Å². The van der Waals surface area contributed by atoms with Crippen LogP contribution in [0.1, 0.15) is 48.8 Å². The summed E-state index contributed by atoms with van der Waals surface area (Å²) in [4.78, 5) is 11.7. The van der Waals surface area contributed by atoms with Crippen molar-refractivity contribution in [3.63, 3.8) is 0 Å². The van der Waals surface area contributed by atoms with Crippen LogP contribution < -0.4 is 4.90 Å². The highest BCUT2D eigenvalue weighted by atomic mass is 15.1. The average molecular weight is 310 g/mol. The van der Waals surface area contributed by atoms with Gasteiger partial charge in [-0.2, -0.15) is 0 Å². The summed E-state index contributed by atoms with van der Waals surface area (Å²) in [6.07, 6.45) is 9.35. The Morgan fingerprint density at radius 1 is 1.04 bits per heavy atom. The third kappa shape index (κ3) is 3.26. The van der Waals surface area contributed by atoms with Gasteiger partial charge in [-0.3, -0.25) is 4.98 Å². The molecule has 4 nitrogen and oxygen atoms in total. The van der Waals surface area contributed by atoms with E-state index in [-0.39, 0.29) is 0 Å². The van der Waals surface area contributed by atoms with E-state index >= 15 is 0 Å². The van der Waals surface area contributed by atoms with Gasteiger partial charge in [0.15, 0.2) is 0 Å². The first-order valence-corrected chi connectivity index (χ1v) is 8.90. The maximum absolute atomic E-state index is 4.68. The Balaban J connectivity index is 1.43. The fraction of sp³-hybridized carbons (Fsp3) is 0.579. The Morgan fingerprint density at radius 3 is 2.39 bits per heavy atom. The van der Waals surface area contributed by atoms with Crippen molar-refractivity contribution in [3.05, 3.63) is 41.7 Å². The van der Waals surface area contributed by atoms with Gasteiger partial charge in [0.2, 0.25) is 0 Å². The summed E-state index contributed by atoms with van der Waals surface area (Å²) in [5.41, 5.74) is 3.55. The Kier molecular flexibility index (Phi) is 3.83. The minimum Gasteiger partial charge on any atom is -0.371 e. The van der Waals surface area contributed by atoms with Gasteiger partial charge in [0.05, 0.1) is 0 Å². The molecule has 2 aromatic rings. The minimum absolute atomic E-state index is 0.615. The lowest BCUT2D eigenvalue weighted by atomic mass is 9.95. The van der Waals surface area contributed by atoms with E-state index in [4.69, 9.17) is 0 Å². The summed E-state index contributed by atoms with van der Waals surface area (Å²) in [5, 5.41) is 0. The van der Waals surface area contributed by atoms with Crippen molar-refractivity contribution in [2.45, 2.75) is 52.0 Å². The summed E-state index contributed by atoms with van der Waals surface area (Å²) >= 11 is 0. The normalized spacial score (nSPS) is 19.3. The van der Waals surface area contributed by atoms with Gasteiger partial charge in [0.25, 0.3) is 0 Å². The molecule has 2 aliphatic rings. The first-order valence-electron chi connectivity index (χ1n) is 8.90. The highest BCUT2D eigenvalue weighted by Gasteiger charge is 2.27. The van der Waals surface area contributed by atoms with E-state index in [9.17, 15) is 0 Å². The summed E-state index contributed by atoms with van der Waals surface area (Å²) < 4.78 is 2.42. The van der Waals surface area contributed by atoms with Crippen LogP contribution in [-0.2, 0) is 6.54 Å². The van der Waals surface area contributed by atoms with E-state index < -0.39 is 0 Å². The third-order valence-corrected chi connectivity index (χ3v) is 5.19. The van der Waals surface area contributed by atoms with E-state index in [1.165, 1.54) is 43.7 Å². The van der Waals surface area contributed by atoms with E-state index in [2.05, 4.69) is 51.6 Å². The molecule has 4 heteroatoms. The minimum atomic E-state index is 0.615. The maximum atomic E-state index is 4.68. The van der Waals surface area contributed by atoms with Crippen LogP contribution in [0.15, 0.2) is 24.5 Å². The van der Waals surface area contributed by atoms with Crippen molar-refractivity contribution < 1.29 is 0 Å². The Bertz CT molecular complexity index is 658. The molecule has 4 rings (SSSR count).